The Morgan fingerprint density at radius 1 is 0.196 bits per heavy atom. The molecule has 0 unspecified atom stereocenters. The molecule has 4 heterocycles. The number of fused-ring (bicyclic) bond motifs is 12. The predicted octanol–water partition coefficient (Wildman–Crippen LogP) is 24.5. The van der Waals surface area contributed by atoms with E-state index in [4.69, 9.17) is 0 Å². The van der Waals surface area contributed by atoms with Gasteiger partial charge >= 0.3 is 0 Å². The van der Waals surface area contributed by atoms with E-state index in [2.05, 4.69) is 345 Å². The summed E-state index contributed by atoms with van der Waals surface area (Å²) in [5.41, 5.74) is 11.1. The van der Waals surface area contributed by atoms with Crippen LogP contribution in [-0.4, -0.2) is 226 Å². The highest BCUT2D eigenvalue weighted by molar-refractivity contribution is 7.27. The van der Waals surface area contributed by atoms with Gasteiger partial charge in [-0.3, -0.25) is 39.2 Å². The summed E-state index contributed by atoms with van der Waals surface area (Å²) in [6.07, 6.45) is 0. The zero-order chi connectivity index (χ0) is 85.1. The average molecular weight is 1610 g/mol. The van der Waals surface area contributed by atoms with Gasteiger partial charge < -0.3 is 19.6 Å². The zero-order valence-corrected chi connectivity index (χ0v) is 80.6. The third-order valence-corrected chi connectivity index (χ3v) is 21.0. The van der Waals surface area contributed by atoms with E-state index in [0.717, 1.165) is 79.0 Å². The quantitative estimate of drug-likeness (QED) is 0.0541. The monoisotopic (exact) mass is 1610 g/mol. The molecule has 0 fully saturated rings. The van der Waals surface area contributed by atoms with E-state index in [9.17, 15) is 0 Å². The highest BCUT2D eigenvalue weighted by Crippen LogP contribution is 2.40. The van der Waals surface area contributed by atoms with Crippen molar-refractivity contribution in [3.05, 3.63) is 190 Å². The summed E-state index contributed by atoms with van der Waals surface area (Å²) in [5, 5.41) is 11.1. The fraction of sp³-hybridized carbons (Fsp3) is 0.500. The lowest BCUT2D eigenvalue weighted by atomic mass is 10.0. The summed E-state index contributed by atoms with van der Waals surface area (Å²) in [6.45, 7) is 43.7. The lowest BCUT2D eigenvalue weighted by Gasteiger charge is -2.21. The van der Waals surface area contributed by atoms with Crippen LogP contribution >= 0.6 is 45.3 Å². The van der Waals surface area contributed by atoms with E-state index in [1.807, 2.05) is 156 Å². The van der Waals surface area contributed by atoms with Crippen LogP contribution in [0.5, 0.6) is 0 Å². The molecular weight excluding hydrogens is 1450 g/mol. The van der Waals surface area contributed by atoms with Crippen LogP contribution in [0.15, 0.2) is 146 Å². The minimum atomic E-state index is 0.964. The van der Waals surface area contributed by atoms with Crippen molar-refractivity contribution in [2.24, 2.45) is 0 Å². The number of thiophene rings is 4. The van der Waals surface area contributed by atoms with Gasteiger partial charge in [-0.1, -0.05) is 202 Å². The van der Waals surface area contributed by atoms with Gasteiger partial charge in [0.2, 0.25) is 0 Å². The van der Waals surface area contributed by atoms with Crippen LogP contribution in [-0.2, 0) is 52.4 Å². The molecule has 0 amide bonds. The van der Waals surface area contributed by atoms with Crippen molar-refractivity contribution in [1.29, 1.82) is 0 Å². The molecule has 624 valence electrons. The normalized spacial score (nSPS) is 11.0. The predicted molar refractivity (Wildman–Crippen MR) is 518 cm³/mol. The van der Waals surface area contributed by atoms with Crippen molar-refractivity contribution in [2.45, 2.75) is 163 Å². The maximum atomic E-state index is 2.37. The van der Waals surface area contributed by atoms with Crippen molar-refractivity contribution in [3.8, 4) is 0 Å². The van der Waals surface area contributed by atoms with Crippen molar-refractivity contribution >= 4 is 126 Å². The smallest absolute Gasteiger partial charge is 0.0501 e. The first-order valence-corrected chi connectivity index (χ1v) is 44.6. The van der Waals surface area contributed by atoms with Crippen LogP contribution in [0, 0.1) is 0 Å². The summed E-state index contributed by atoms with van der Waals surface area (Å²) in [5.74, 6) is 0. The third kappa shape index (κ3) is 34.2. The van der Waals surface area contributed by atoms with E-state index in [-0.39, 0.29) is 0 Å². The van der Waals surface area contributed by atoms with Gasteiger partial charge in [0.1, 0.15) is 0 Å². The SMILES string of the molecule is CC.CC.CC.CC.CC.CC.CC.CC.CN(C)Cc1ccc2c(c1)sc1c(CN(C)CN(C)C)cccc12.CN(C)Cc1ccc2c(c1)sc1ccc(CN(C)CN(C)C)cc12.CN(C)Cc1ccc2c(c1)sc1cccc(CN(C)CN(C)C)c12.CN(C)Cc1ccc2sc3cc(CN(C)CN(C)C)ccc3c2c1. The first-order chi connectivity index (χ1) is 53.7. The molecule has 8 aromatic carbocycles. The second-order valence-corrected chi connectivity index (χ2v) is 33.2. The van der Waals surface area contributed by atoms with E-state index in [1.165, 1.54) is 125 Å². The Hall–Kier alpha value is -5.84. The first kappa shape index (κ1) is 104. The Balaban J connectivity index is 0.000000703. The number of rotatable bonds is 24. The summed E-state index contributed by atoms with van der Waals surface area (Å²) >= 11 is 7.64. The Morgan fingerprint density at radius 2 is 0.464 bits per heavy atom. The molecule has 112 heavy (non-hydrogen) atoms. The fourth-order valence-electron chi connectivity index (χ4n) is 13.2. The molecule has 0 saturated heterocycles. The topological polar surface area (TPSA) is 38.9 Å². The van der Waals surface area contributed by atoms with Crippen molar-refractivity contribution in [1.82, 2.24) is 58.8 Å². The maximum Gasteiger partial charge on any atom is 0.0501 e. The largest absolute Gasteiger partial charge is 0.305 e. The van der Waals surface area contributed by atoms with Crippen LogP contribution in [0.3, 0.4) is 0 Å². The summed E-state index contributed by atoms with van der Waals surface area (Å²) in [7, 11) is 42.5. The van der Waals surface area contributed by atoms with E-state index in [1.54, 1.807) is 0 Å². The Kier molecular flexibility index (Phi) is 52.5. The van der Waals surface area contributed by atoms with Gasteiger partial charge in [0.25, 0.3) is 0 Å². The summed E-state index contributed by atoms with van der Waals surface area (Å²) < 4.78 is 11.2. The molecule has 12 nitrogen and oxygen atoms in total. The Labute approximate surface area is 700 Å². The summed E-state index contributed by atoms with van der Waals surface area (Å²) in [4.78, 5) is 27.1. The fourth-order valence-corrected chi connectivity index (χ4v) is 18.0. The molecule has 0 bridgehead atoms. The number of nitrogens with zero attached hydrogens (tertiary/aromatic N) is 12. The van der Waals surface area contributed by atoms with E-state index >= 15 is 0 Å². The van der Waals surface area contributed by atoms with Gasteiger partial charge in [0.05, 0.1) is 26.7 Å². The van der Waals surface area contributed by atoms with Crippen LogP contribution in [0.1, 0.15) is 155 Å². The molecule has 12 aromatic rings. The number of benzene rings is 8. The van der Waals surface area contributed by atoms with Crippen molar-refractivity contribution in [2.75, 3.05) is 168 Å². The van der Waals surface area contributed by atoms with Crippen molar-refractivity contribution < 1.29 is 0 Å². The van der Waals surface area contributed by atoms with Gasteiger partial charge in [-0.2, -0.15) is 0 Å². The molecule has 0 spiro atoms. The minimum Gasteiger partial charge on any atom is -0.305 e. The van der Waals surface area contributed by atoms with Gasteiger partial charge in [-0.05, 0) is 240 Å². The van der Waals surface area contributed by atoms with Gasteiger partial charge in [-0.25, -0.2) is 0 Å². The highest BCUT2D eigenvalue weighted by atomic mass is 32.1. The van der Waals surface area contributed by atoms with Gasteiger partial charge in [-0.15, -0.1) is 45.3 Å². The summed E-state index contributed by atoms with van der Waals surface area (Å²) in [6, 6.07) is 54.9. The van der Waals surface area contributed by atoms with Crippen LogP contribution < -0.4 is 0 Å². The molecule has 0 radical (unpaired) electrons. The van der Waals surface area contributed by atoms with Crippen LogP contribution in [0.25, 0.3) is 80.7 Å². The maximum absolute atomic E-state index is 2.37. The lowest BCUT2D eigenvalue weighted by Crippen LogP contribution is -2.29. The minimum absolute atomic E-state index is 0.964. The highest BCUT2D eigenvalue weighted by Gasteiger charge is 2.16. The molecule has 0 aliphatic rings. The lowest BCUT2D eigenvalue weighted by molar-refractivity contribution is 0.204. The molecule has 0 aliphatic heterocycles. The number of hydrogen-bond acceptors (Lipinski definition) is 16. The molecule has 0 atom stereocenters. The molecule has 16 heteroatoms. The Bertz CT molecular complexity index is 4450. The van der Waals surface area contributed by atoms with Gasteiger partial charge in [0, 0.05) is 133 Å². The van der Waals surface area contributed by atoms with Gasteiger partial charge in [0.15, 0.2) is 0 Å². The molecule has 0 N–H and O–H groups in total. The number of hydrogen-bond donors (Lipinski definition) is 0. The van der Waals surface area contributed by atoms with E-state index in [0.29, 0.717) is 0 Å². The second kappa shape index (κ2) is 56.5. The Morgan fingerprint density at radius 3 is 0.830 bits per heavy atom. The standard InChI is InChI=1S/4C20H27N3S.8C2H6/c1-21(2)12-16-6-8-17-18-10-15(13-23(5)14-22(3)4)7-9-19(18)24-20(17)11-16;1-21(2)12-15-7-9-19-18(10-15)17-8-6-16(11-20(17)24-19)13-23(5)14-22(3)4;1-21(2)12-15-9-10-17-19(11-15)24-18-8-6-7-16(20(17)18)13-23(5)14-22(3)4;1-21(2)12-15-9-10-17-18-8-6-7-16(13-23(5)14-22(3)4)20(18)24-19(17)11-15;8*1-2/h4*6-11H,12-14H2,1-5H3;8*1-2H3. The van der Waals surface area contributed by atoms with E-state index < -0.39 is 0 Å². The molecule has 4 aromatic heterocycles. The first-order valence-electron chi connectivity index (χ1n) is 41.4. The second-order valence-electron chi connectivity index (χ2n) is 28.9. The molecule has 0 saturated carbocycles. The molecule has 12 rings (SSSR count). The van der Waals surface area contributed by atoms with Crippen molar-refractivity contribution in [3.63, 3.8) is 0 Å². The van der Waals surface area contributed by atoms with Crippen LogP contribution in [0.2, 0.25) is 0 Å². The third-order valence-electron chi connectivity index (χ3n) is 16.4. The zero-order valence-electron chi connectivity index (χ0n) is 77.3. The molecule has 0 aliphatic carbocycles. The average Bonchev–Trinajstić information content (AvgIpc) is 1.64. The van der Waals surface area contributed by atoms with Crippen LogP contribution in [0.4, 0.5) is 0 Å². The molecular formula is C96H156N12S4.